The first-order valence-electron chi connectivity index (χ1n) is 12.2. The number of nitrogens with zero attached hydrogens (tertiary/aromatic N) is 2. The Hall–Kier alpha value is -2.50. The third-order valence-electron chi connectivity index (χ3n) is 7.59. The summed E-state index contributed by atoms with van der Waals surface area (Å²) in [5.41, 5.74) is -1.35. The fraction of sp³-hybridized carbons (Fsp3) is 0.500. The van der Waals surface area contributed by atoms with Crippen molar-refractivity contribution in [2.24, 2.45) is 5.41 Å². The number of likely N-dealkylation sites (tertiary alicyclic amines) is 1. The molecule has 0 saturated carbocycles. The van der Waals surface area contributed by atoms with E-state index in [0.717, 1.165) is 24.6 Å². The first kappa shape index (κ1) is 27.5. The number of rotatable bonds is 5. The smallest absolute Gasteiger partial charge is 0.325 e. The molecule has 1 spiro atoms. The largest absolute Gasteiger partial charge is 0.416 e. The molecule has 0 atom stereocenters. The predicted molar refractivity (Wildman–Crippen MR) is 132 cm³/mol. The van der Waals surface area contributed by atoms with Gasteiger partial charge in [0.05, 0.1) is 17.0 Å². The van der Waals surface area contributed by atoms with Gasteiger partial charge >= 0.3 is 6.18 Å². The van der Waals surface area contributed by atoms with Gasteiger partial charge < -0.3 is 5.32 Å². The van der Waals surface area contributed by atoms with Crippen molar-refractivity contribution in [1.82, 2.24) is 9.21 Å². The number of nitrogens with one attached hydrogen (secondary N) is 1. The van der Waals surface area contributed by atoms with Gasteiger partial charge in [-0.3, -0.25) is 9.69 Å². The minimum absolute atomic E-state index is 0.0602. The van der Waals surface area contributed by atoms with Crippen LogP contribution in [0.5, 0.6) is 0 Å². The van der Waals surface area contributed by atoms with E-state index in [0.29, 0.717) is 44.6 Å². The van der Waals surface area contributed by atoms with Crippen molar-refractivity contribution < 1.29 is 30.8 Å². The zero-order chi connectivity index (χ0) is 27.1. The first-order chi connectivity index (χ1) is 17.2. The Labute approximate surface area is 214 Å². The third-order valence-corrected chi connectivity index (χ3v) is 9.64. The number of alkyl halides is 3. The predicted octanol–water partition coefficient (Wildman–Crippen LogP) is 5.13. The first-order valence-corrected chi connectivity index (χ1v) is 13.6. The SMILES string of the molecule is CC1(C)CCC2(CCN(CC(=O)Nc3ccc(C(F)(F)F)cc3)CC2)CN1S(=O)(=O)c1cccc(F)c1. The van der Waals surface area contributed by atoms with Crippen LogP contribution in [0.4, 0.5) is 23.2 Å². The van der Waals surface area contributed by atoms with Crippen LogP contribution in [-0.2, 0) is 21.0 Å². The van der Waals surface area contributed by atoms with Crippen molar-refractivity contribution in [3.63, 3.8) is 0 Å². The van der Waals surface area contributed by atoms with Gasteiger partial charge in [0.25, 0.3) is 0 Å². The molecule has 2 heterocycles. The van der Waals surface area contributed by atoms with Crippen molar-refractivity contribution in [2.75, 3.05) is 31.5 Å². The molecule has 1 amide bonds. The second kappa shape index (κ2) is 9.99. The number of piperidine rings is 2. The van der Waals surface area contributed by atoms with Crippen LogP contribution in [0.2, 0.25) is 0 Å². The summed E-state index contributed by atoms with van der Waals surface area (Å²) in [7, 11) is -3.90. The molecule has 0 unspecified atom stereocenters. The molecule has 0 aromatic heterocycles. The molecule has 0 aliphatic carbocycles. The van der Waals surface area contributed by atoms with Crippen molar-refractivity contribution in [2.45, 2.75) is 56.1 Å². The van der Waals surface area contributed by atoms with Crippen LogP contribution in [0, 0.1) is 11.2 Å². The number of carbonyl (C=O) groups is 1. The highest BCUT2D eigenvalue weighted by molar-refractivity contribution is 7.89. The van der Waals surface area contributed by atoms with Crippen LogP contribution in [-0.4, -0.2) is 55.2 Å². The number of anilines is 1. The zero-order valence-corrected chi connectivity index (χ0v) is 21.6. The van der Waals surface area contributed by atoms with E-state index >= 15 is 0 Å². The van der Waals surface area contributed by atoms with Gasteiger partial charge in [0, 0.05) is 17.8 Å². The Morgan fingerprint density at radius 3 is 2.24 bits per heavy atom. The molecule has 2 aromatic carbocycles. The molecule has 202 valence electrons. The normalized spacial score (nSPS) is 20.6. The summed E-state index contributed by atoms with van der Waals surface area (Å²) in [5, 5.41) is 2.63. The Bertz CT molecular complexity index is 1240. The highest BCUT2D eigenvalue weighted by Gasteiger charge is 2.49. The standard InChI is InChI=1S/C26H31F4N3O3S/c1-24(2)10-11-25(18-33(24)37(35,36)22-5-3-4-20(27)16-22)12-14-32(15-13-25)17-23(34)31-21-8-6-19(7-9-21)26(28,29)30/h3-9,16H,10-15,17-18H2,1-2H3,(H,31,34). The Morgan fingerprint density at radius 1 is 1.00 bits per heavy atom. The number of hydrogen-bond acceptors (Lipinski definition) is 4. The molecule has 37 heavy (non-hydrogen) atoms. The van der Waals surface area contributed by atoms with Crippen LogP contribution < -0.4 is 5.32 Å². The molecule has 2 fully saturated rings. The summed E-state index contributed by atoms with van der Waals surface area (Å²) < 4.78 is 80.4. The zero-order valence-electron chi connectivity index (χ0n) is 20.8. The minimum atomic E-state index is -4.44. The van der Waals surface area contributed by atoms with Crippen LogP contribution in [0.25, 0.3) is 0 Å². The molecular weight excluding hydrogens is 510 g/mol. The topological polar surface area (TPSA) is 69.7 Å². The van der Waals surface area contributed by atoms with Crippen molar-refractivity contribution in [1.29, 1.82) is 0 Å². The van der Waals surface area contributed by atoms with E-state index in [1.54, 1.807) is 0 Å². The van der Waals surface area contributed by atoms with Crippen LogP contribution in [0.15, 0.2) is 53.4 Å². The Kier molecular flexibility index (Phi) is 7.44. The van der Waals surface area contributed by atoms with Crippen LogP contribution >= 0.6 is 0 Å². The van der Waals surface area contributed by atoms with Gasteiger partial charge in [-0.2, -0.15) is 17.5 Å². The second-order valence-electron chi connectivity index (χ2n) is 10.7. The van der Waals surface area contributed by atoms with E-state index in [1.807, 2.05) is 18.7 Å². The fourth-order valence-corrected chi connectivity index (χ4v) is 7.15. The Balaban J connectivity index is 1.37. The quantitative estimate of drug-likeness (QED) is 0.533. The average molecular weight is 542 g/mol. The minimum Gasteiger partial charge on any atom is -0.325 e. The summed E-state index contributed by atoms with van der Waals surface area (Å²) in [6.45, 7) is 5.37. The van der Waals surface area contributed by atoms with Crippen LogP contribution in [0.1, 0.15) is 45.1 Å². The van der Waals surface area contributed by atoms with Gasteiger partial charge in [-0.1, -0.05) is 6.07 Å². The fourth-order valence-electron chi connectivity index (χ4n) is 5.20. The average Bonchev–Trinajstić information content (AvgIpc) is 2.82. The molecule has 2 aliphatic heterocycles. The maximum Gasteiger partial charge on any atom is 0.416 e. The molecule has 2 saturated heterocycles. The summed E-state index contributed by atoms with van der Waals surface area (Å²) in [4.78, 5) is 14.4. The molecule has 0 radical (unpaired) electrons. The van der Waals surface area contributed by atoms with Crippen LogP contribution in [0.3, 0.4) is 0 Å². The number of hydrogen-bond donors (Lipinski definition) is 1. The lowest BCUT2D eigenvalue weighted by molar-refractivity contribution is -0.137. The molecule has 11 heteroatoms. The van der Waals surface area contributed by atoms with E-state index in [2.05, 4.69) is 5.32 Å². The molecule has 6 nitrogen and oxygen atoms in total. The third kappa shape index (κ3) is 6.15. The second-order valence-corrected chi connectivity index (χ2v) is 12.5. The summed E-state index contributed by atoms with van der Waals surface area (Å²) >= 11 is 0. The lowest BCUT2D eigenvalue weighted by Crippen LogP contribution is -2.59. The van der Waals surface area contributed by atoms with Crippen molar-refractivity contribution >= 4 is 21.6 Å². The Morgan fingerprint density at radius 2 is 1.65 bits per heavy atom. The molecule has 4 rings (SSSR count). The lowest BCUT2D eigenvalue weighted by Gasteiger charge is -2.53. The number of halogens is 4. The van der Waals surface area contributed by atoms with Gasteiger partial charge in [-0.15, -0.1) is 0 Å². The maximum atomic E-state index is 13.8. The van der Waals surface area contributed by atoms with E-state index in [4.69, 9.17) is 0 Å². The van der Waals surface area contributed by atoms with E-state index in [-0.39, 0.29) is 22.8 Å². The molecular formula is C26H31F4N3O3S. The maximum absolute atomic E-state index is 13.8. The number of carbonyl (C=O) groups excluding carboxylic acids is 1. The van der Waals surface area contributed by atoms with E-state index in [1.165, 1.54) is 34.6 Å². The van der Waals surface area contributed by atoms with E-state index in [9.17, 15) is 30.8 Å². The van der Waals surface area contributed by atoms with E-state index < -0.39 is 33.1 Å². The van der Waals surface area contributed by atoms with Crippen molar-refractivity contribution in [3.05, 3.63) is 59.9 Å². The summed E-state index contributed by atoms with van der Waals surface area (Å²) in [6, 6.07) is 9.36. The monoisotopic (exact) mass is 541 g/mol. The number of amides is 1. The number of sulfonamides is 1. The summed E-state index contributed by atoms with van der Waals surface area (Å²) in [5.74, 6) is -0.927. The van der Waals surface area contributed by atoms with Gasteiger partial charge in [0.2, 0.25) is 15.9 Å². The number of benzene rings is 2. The highest BCUT2D eigenvalue weighted by atomic mass is 32.2. The lowest BCUT2D eigenvalue weighted by atomic mass is 9.69. The summed E-state index contributed by atoms with van der Waals surface area (Å²) in [6.07, 6.45) is -1.53. The molecule has 2 aliphatic rings. The van der Waals surface area contributed by atoms with Gasteiger partial charge in [-0.05, 0) is 100 Å². The van der Waals surface area contributed by atoms with Gasteiger partial charge in [0.15, 0.2) is 0 Å². The van der Waals surface area contributed by atoms with Crippen molar-refractivity contribution in [3.8, 4) is 0 Å². The molecule has 0 bridgehead atoms. The molecule has 1 N–H and O–H groups in total. The van der Waals surface area contributed by atoms with Gasteiger partial charge in [0.1, 0.15) is 5.82 Å². The highest BCUT2D eigenvalue weighted by Crippen LogP contribution is 2.46. The van der Waals surface area contributed by atoms with Gasteiger partial charge in [-0.25, -0.2) is 12.8 Å². The molecule has 2 aromatic rings.